The van der Waals surface area contributed by atoms with Crippen LogP contribution in [0.3, 0.4) is 0 Å². The van der Waals surface area contributed by atoms with Gasteiger partial charge in [-0.25, -0.2) is 0 Å². The van der Waals surface area contributed by atoms with Crippen molar-refractivity contribution < 1.29 is 9.90 Å². The van der Waals surface area contributed by atoms with Gasteiger partial charge in [0.15, 0.2) is 0 Å². The van der Waals surface area contributed by atoms with Gasteiger partial charge in [-0.3, -0.25) is 4.79 Å². The van der Waals surface area contributed by atoms with Crippen LogP contribution in [0.25, 0.3) is 0 Å². The molecule has 0 atom stereocenters. The molecule has 0 aromatic rings. The van der Waals surface area contributed by atoms with Gasteiger partial charge in [-0.05, 0) is 12.8 Å². The lowest BCUT2D eigenvalue weighted by Gasteiger charge is -2.28. The van der Waals surface area contributed by atoms with Crippen LogP contribution in [0.5, 0.6) is 0 Å². The van der Waals surface area contributed by atoms with Crippen molar-refractivity contribution in [3.05, 3.63) is 0 Å². The summed E-state index contributed by atoms with van der Waals surface area (Å²) in [5, 5.41) is 8.67. The van der Waals surface area contributed by atoms with Crippen LogP contribution in [0.1, 0.15) is 32.1 Å². The van der Waals surface area contributed by atoms with Crippen molar-refractivity contribution in [2.24, 2.45) is 5.73 Å². The fourth-order valence-corrected chi connectivity index (χ4v) is 1.40. The summed E-state index contributed by atoms with van der Waals surface area (Å²) in [6, 6.07) is 0. The highest BCUT2D eigenvalue weighted by Crippen LogP contribution is 2.25. The third-order valence-electron chi connectivity index (χ3n) is 2.17. The lowest BCUT2D eigenvalue weighted by molar-refractivity contribution is -0.144. The lowest BCUT2D eigenvalue weighted by Crippen LogP contribution is -2.49. The molecule has 1 aliphatic rings. The Hall–Kier alpha value is -0.570. The largest absolute Gasteiger partial charge is 0.480 e. The summed E-state index contributed by atoms with van der Waals surface area (Å²) in [6.45, 7) is 0. The zero-order valence-corrected chi connectivity index (χ0v) is 5.97. The maximum absolute atomic E-state index is 10.6. The predicted molar refractivity (Wildman–Crippen MR) is 37.6 cm³/mol. The number of carboxylic acids is 1. The second kappa shape index (κ2) is 2.58. The first-order valence-corrected chi connectivity index (χ1v) is 3.67. The molecule has 0 radical (unpaired) electrons. The molecule has 0 heterocycles. The third-order valence-corrected chi connectivity index (χ3v) is 2.17. The molecule has 0 spiro atoms. The third kappa shape index (κ3) is 1.29. The van der Waals surface area contributed by atoms with Gasteiger partial charge in [0.05, 0.1) is 0 Å². The van der Waals surface area contributed by atoms with Gasteiger partial charge in [-0.1, -0.05) is 19.3 Å². The van der Waals surface area contributed by atoms with E-state index in [1.165, 1.54) is 0 Å². The van der Waals surface area contributed by atoms with Crippen LogP contribution in [0.15, 0.2) is 0 Å². The number of rotatable bonds is 1. The molecule has 0 bridgehead atoms. The predicted octanol–water partition coefficient (Wildman–Crippen LogP) is 0.733. The Bertz CT molecular complexity index is 139. The highest BCUT2D eigenvalue weighted by atomic mass is 16.3. The van der Waals surface area contributed by atoms with Gasteiger partial charge in [0.2, 0.25) is 0 Å². The summed E-state index contributed by atoms with van der Waals surface area (Å²) < 4.78 is 0. The van der Waals surface area contributed by atoms with E-state index in [9.17, 15) is 4.79 Å². The van der Waals surface area contributed by atoms with Crippen molar-refractivity contribution in [1.82, 2.24) is 0 Å². The number of hydrogen-bond donors (Lipinski definition) is 2. The molecule has 0 aromatic heterocycles. The first kappa shape index (κ1) is 7.54. The number of carboxylic acid groups (broad SMARTS) is 1. The Morgan fingerprint density at radius 2 is 1.80 bits per heavy atom. The molecule has 1 rings (SSSR count). The van der Waals surface area contributed by atoms with E-state index in [0.717, 1.165) is 19.3 Å². The van der Waals surface area contributed by atoms with Crippen LogP contribution in [-0.4, -0.2) is 16.6 Å². The minimum absolute atomic E-state index is 0.641. The molecule has 0 aliphatic heterocycles. The summed E-state index contributed by atoms with van der Waals surface area (Å²) in [7, 11) is 0. The molecule has 0 aromatic carbocycles. The quantitative estimate of drug-likeness (QED) is 0.567. The van der Waals surface area contributed by atoms with E-state index >= 15 is 0 Å². The van der Waals surface area contributed by atoms with Crippen molar-refractivity contribution in [3.63, 3.8) is 0 Å². The number of hydrogen-bond acceptors (Lipinski definition) is 2. The summed E-state index contributed by atoms with van der Waals surface area (Å²) in [6.07, 6.45) is 4.34. The molecule has 58 valence electrons. The monoisotopic (exact) mass is 142 g/mol. The first-order valence-electron chi connectivity index (χ1n) is 3.67. The second-order valence-electron chi connectivity index (χ2n) is 3.02. The van der Waals surface area contributed by atoms with Crippen LogP contribution < -0.4 is 5.73 Å². The average molecular weight is 142 g/mol. The Morgan fingerprint density at radius 1 is 1.30 bits per heavy atom. The van der Waals surface area contributed by atoms with E-state index in [2.05, 4.69) is 0 Å². The molecule has 3 N–H and O–H groups in total. The van der Waals surface area contributed by atoms with Crippen LogP contribution in [0.2, 0.25) is 0 Å². The summed E-state index contributed by atoms with van der Waals surface area (Å²) in [4.78, 5) is 10.6. The molecule has 1 saturated carbocycles. The number of carbonyl (C=O) groups is 1. The van der Waals surface area contributed by atoms with Crippen LogP contribution in [0, 0.1) is 0 Å². The molecule has 3 heteroatoms. The maximum Gasteiger partial charge on any atom is 0.323 e. The summed E-state index contributed by atoms with van der Waals surface area (Å²) >= 11 is 0. The molecule has 1 aliphatic carbocycles. The van der Waals surface area contributed by atoms with E-state index in [1.807, 2.05) is 0 Å². The SMILES string of the molecule is NC1([11C](=O)O)CCCCC1. The Balaban J connectivity index is 2.56. The van der Waals surface area contributed by atoms with Crippen molar-refractivity contribution in [2.45, 2.75) is 37.6 Å². The van der Waals surface area contributed by atoms with Gasteiger partial charge >= 0.3 is 5.97 Å². The minimum Gasteiger partial charge on any atom is -0.480 e. The molecule has 1 fully saturated rings. The molecular formula is C7H13NO2. The number of nitrogens with two attached hydrogens (primary N) is 1. The van der Waals surface area contributed by atoms with E-state index in [4.69, 9.17) is 10.8 Å². The van der Waals surface area contributed by atoms with Gasteiger partial charge < -0.3 is 10.8 Å². The average Bonchev–Trinajstić information content (AvgIpc) is 1.89. The van der Waals surface area contributed by atoms with Gasteiger partial charge in [-0.2, -0.15) is 0 Å². The topological polar surface area (TPSA) is 63.3 Å². The fraction of sp³-hybridized carbons (Fsp3) is 0.857. The van der Waals surface area contributed by atoms with Crippen LogP contribution in [-0.2, 0) is 4.79 Å². The highest BCUT2D eigenvalue weighted by molar-refractivity contribution is 5.78. The normalized spacial score (nSPS) is 24.1. The zero-order chi connectivity index (χ0) is 7.61. The first-order chi connectivity index (χ1) is 4.65. The van der Waals surface area contributed by atoms with E-state index in [1.54, 1.807) is 0 Å². The maximum atomic E-state index is 10.6. The zero-order valence-electron chi connectivity index (χ0n) is 5.97. The van der Waals surface area contributed by atoms with E-state index in [0.29, 0.717) is 12.8 Å². The van der Waals surface area contributed by atoms with Crippen molar-refractivity contribution in [3.8, 4) is 0 Å². The van der Waals surface area contributed by atoms with Gasteiger partial charge in [0.1, 0.15) is 5.54 Å². The summed E-state index contributed by atoms with van der Waals surface area (Å²) in [5.41, 5.74) is 4.70. The van der Waals surface area contributed by atoms with E-state index < -0.39 is 11.5 Å². The van der Waals surface area contributed by atoms with Crippen molar-refractivity contribution in [2.75, 3.05) is 0 Å². The van der Waals surface area contributed by atoms with Gasteiger partial charge in [0, 0.05) is 0 Å². The lowest BCUT2D eigenvalue weighted by atomic mass is 9.67. The van der Waals surface area contributed by atoms with Crippen LogP contribution in [0.4, 0.5) is 0 Å². The minimum atomic E-state index is -0.905. The van der Waals surface area contributed by atoms with E-state index in [-0.39, 0.29) is 0 Å². The second-order valence-corrected chi connectivity index (χ2v) is 3.02. The molecule has 0 saturated heterocycles. The van der Waals surface area contributed by atoms with Crippen molar-refractivity contribution >= 4 is 5.97 Å². The van der Waals surface area contributed by atoms with Gasteiger partial charge in [0.25, 0.3) is 0 Å². The Morgan fingerprint density at radius 3 is 2.10 bits per heavy atom. The molecule has 3 nitrogen and oxygen atoms in total. The molecular weight excluding hydrogens is 129 g/mol. The molecule has 0 unspecified atom stereocenters. The molecule has 10 heavy (non-hydrogen) atoms. The standard InChI is InChI=1S/C7H13NO2/c8-7(6(9)10)4-2-1-3-5-7/h1-5,8H2,(H,9,10)/i6-1. The van der Waals surface area contributed by atoms with Crippen molar-refractivity contribution in [1.29, 1.82) is 0 Å². The highest BCUT2D eigenvalue weighted by Gasteiger charge is 2.34. The Labute approximate surface area is 60.2 Å². The number of aliphatic carboxylic acids is 1. The smallest absolute Gasteiger partial charge is 0.323 e. The van der Waals surface area contributed by atoms with Crippen LogP contribution >= 0.6 is 0 Å². The Kier molecular flexibility index (Phi) is 1.94. The fourth-order valence-electron chi connectivity index (χ4n) is 1.40. The summed E-state index contributed by atoms with van der Waals surface area (Å²) in [5.74, 6) is -0.841. The van der Waals surface area contributed by atoms with Gasteiger partial charge in [-0.15, -0.1) is 0 Å². The molecule has 0 amide bonds.